The molecule has 0 unspecified atom stereocenters. The average Bonchev–Trinajstić information content (AvgIpc) is 2.75. The van der Waals surface area contributed by atoms with Crippen LogP contribution in [0.5, 0.6) is 0 Å². The summed E-state index contributed by atoms with van der Waals surface area (Å²) < 4.78 is 42.2. The minimum atomic E-state index is -4.33. The van der Waals surface area contributed by atoms with E-state index in [0.29, 0.717) is 5.02 Å². The first-order valence-corrected chi connectivity index (χ1v) is 11.3. The van der Waals surface area contributed by atoms with Crippen LogP contribution in [0.1, 0.15) is 12.5 Å². The Morgan fingerprint density at radius 2 is 1.68 bits per heavy atom. The third kappa shape index (κ3) is 5.33. The fourth-order valence-electron chi connectivity index (χ4n) is 2.87. The fraction of sp³-hybridized carbons (Fsp3) is 0.143. The van der Waals surface area contributed by atoms with E-state index >= 15 is 0 Å². The van der Waals surface area contributed by atoms with Gasteiger partial charge in [0, 0.05) is 29.0 Å². The van der Waals surface area contributed by atoms with E-state index in [9.17, 15) is 17.6 Å². The first kappa shape index (κ1) is 23.0. The number of nitrogens with zero attached hydrogens (tertiary/aromatic N) is 2. The van der Waals surface area contributed by atoms with E-state index in [1.807, 2.05) is 0 Å². The summed E-state index contributed by atoms with van der Waals surface area (Å²) in [5, 5.41) is 3.12. The number of anilines is 1. The van der Waals surface area contributed by atoms with E-state index in [2.05, 4.69) is 10.3 Å². The van der Waals surface area contributed by atoms with E-state index in [1.165, 1.54) is 37.3 Å². The highest BCUT2D eigenvalue weighted by Gasteiger charge is 2.35. The molecule has 0 spiro atoms. The highest BCUT2D eigenvalue weighted by atomic mass is 35.5. The van der Waals surface area contributed by atoms with Crippen LogP contribution < -0.4 is 9.62 Å². The minimum Gasteiger partial charge on any atom is -0.350 e. The van der Waals surface area contributed by atoms with E-state index < -0.39 is 27.8 Å². The lowest BCUT2D eigenvalue weighted by Crippen LogP contribution is -2.48. The Balaban J connectivity index is 2.00. The lowest BCUT2D eigenvalue weighted by Gasteiger charge is -2.30. The zero-order valence-electron chi connectivity index (χ0n) is 16.3. The van der Waals surface area contributed by atoms with Crippen molar-refractivity contribution in [1.82, 2.24) is 10.3 Å². The minimum absolute atomic E-state index is 0.122. The molecule has 3 rings (SSSR count). The summed E-state index contributed by atoms with van der Waals surface area (Å²) in [7, 11) is -4.33. The molecule has 31 heavy (non-hydrogen) atoms. The molecule has 0 bridgehead atoms. The molecule has 3 aromatic rings. The molecule has 10 heteroatoms. The Morgan fingerprint density at radius 3 is 2.32 bits per heavy atom. The molecule has 1 heterocycles. The van der Waals surface area contributed by atoms with Gasteiger partial charge in [0.05, 0.1) is 10.6 Å². The molecule has 1 amide bonds. The van der Waals surface area contributed by atoms with E-state index in [0.717, 1.165) is 22.0 Å². The zero-order chi connectivity index (χ0) is 22.6. The Morgan fingerprint density at radius 1 is 1.06 bits per heavy atom. The standard InChI is InChI=1S/C21H18Cl2FN3O3S/c1-14(21(28)26-13-15-8-10-25-11-9-15)27(20-12-17(23)4-7-19(20)24)31(29,30)18-5-2-16(22)3-6-18/h2-12,14H,13H2,1H3,(H,26,28)/t14-/m1/s1. The average molecular weight is 482 g/mol. The van der Waals surface area contributed by atoms with Crippen LogP contribution in [0.4, 0.5) is 10.1 Å². The highest BCUT2D eigenvalue weighted by molar-refractivity contribution is 7.93. The van der Waals surface area contributed by atoms with Crippen molar-refractivity contribution in [3.05, 3.63) is 88.4 Å². The molecule has 0 fully saturated rings. The van der Waals surface area contributed by atoms with Gasteiger partial charge in [0.15, 0.2) is 0 Å². The molecule has 1 aromatic heterocycles. The van der Waals surface area contributed by atoms with Crippen LogP contribution in [0.2, 0.25) is 10.0 Å². The molecular formula is C21H18Cl2FN3O3S. The van der Waals surface area contributed by atoms with Crippen molar-refractivity contribution < 1.29 is 17.6 Å². The van der Waals surface area contributed by atoms with Crippen molar-refractivity contribution in [2.75, 3.05) is 4.31 Å². The quantitative estimate of drug-likeness (QED) is 0.541. The van der Waals surface area contributed by atoms with Crippen molar-refractivity contribution in [2.45, 2.75) is 24.4 Å². The van der Waals surface area contributed by atoms with Crippen molar-refractivity contribution in [3.8, 4) is 0 Å². The number of benzene rings is 2. The third-order valence-corrected chi connectivity index (χ3v) is 6.85. The van der Waals surface area contributed by atoms with Gasteiger partial charge in [0.1, 0.15) is 11.9 Å². The van der Waals surface area contributed by atoms with Gasteiger partial charge in [-0.05, 0) is 67.1 Å². The van der Waals surface area contributed by atoms with Crippen molar-refractivity contribution >= 4 is 44.8 Å². The van der Waals surface area contributed by atoms with Gasteiger partial charge in [-0.15, -0.1) is 0 Å². The summed E-state index contributed by atoms with van der Waals surface area (Å²) in [6.07, 6.45) is 3.15. The van der Waals surface area contributed by atoms with Gasteiger partial charge in [-0.25, -0.2) is 12.8 Å². The fourth-order valence-corrected chi connectivity index (χ4v) is 4.78. The number of nitrogens with one attached hydrogen (secondary N) is 1. The van der Waals surface area contributed by atoms with Gasteiger partial charge >= 0.3 is 0 Å². The number of carbonyl (C=O) groups is 1. The van der Waals surface area contributed by atoms with Crippen molar-refractivity contribution in [1.29, 1.82) is 0 Å². The smallest absolute Gasteiger partial charge is 0.265 e. The van der Waals surface area contributed by atoms with Gasteiger partial charge in [-0.2, -0.15) is 0 Å². The molecule has 0 saturated carbocycles. The van der Waals surface area contributed by atoms with Gasteiger partial charge in [-0.1, -0.05) is 23.2 Å². The summed E-state index contributed by atoms with van der Waals surface area (Å²) in [6, 6.07) is 11.0. The first-order valence-electron chi connectivity index (χ1n) is 9.12. The summed E-state index contributed by atoms with van der Waals surface area (Å²) in [5.74, 6) is -1.45. The predicted octanol–water partition coefficient (Wildman–Crippen LogP) is 4.43. The van der Waals surface area contributed by atoms with Crippen molar-refractivity contribution in [2.24, 2.45) is 0 Å². The third-order valence-electron chi connectivity index (χ3n) is 4.46. The molecule has 0 aliphatic heterocycles. The van der Waals surface area contributed by atoms with Crippen LogP contribution in [0, 0.1) is 5.82 Å². The zero-order valence-corrected chi connectivity index (χ0v) is 18.6. The van der Waals surface area contributed by atoms with E-state index in [4.69, 9.17) is 23.2 Å². The molecule has 0 aliphatic carbocycles. The lowest BCUT2D eigenvalue weighted by atomic mass is 10.2. The molecule has 0 saturated heterocycles. The number of rotatable bonds is 7. The Kier molecular flexibility index (Phi) is 7.15. The lowest BCUT2D eigenvalue weighted by molar-refractivity contribution is -0.122. The molecule has 162 valence electrons. The van der Waals surface area contributed by atoms with Crippen LogP contribution in [-0.4, -0.2) is 25.4 Å². The number of halogens is 3. The van der Waals surface area contributed by atoms with Crippen LogP contribution in [0.15, 0.2) is 71.9 Å². The summed E-state index contributed by atoms with van der Waals surface area (Å²) >= 11 is 11.9. The summed E-state index contributed by atoms with van der Waals surface area (Å²) in [5.41, 5.74) is 0.436. The first-order chi connectivity index (χ1) is 14.7. The maximum Gasteiger partial charge on any atom is 0.265 e. The number of carbonyl (C=O) groups excluding carboxylic acids is 1. The highest BCUT2D eigenvalue weighted by Crippen LogP contribution is 2.31. The Hall–Kier alpha value is -2.68. The molecular weight excluding hydrogens is 464 g/mol. The monoisotopic (exact) mass is 481 g/mol. The van der Waals surface area contributed by atoms with Crippen LogP contribution in [0.25, 0.3) is 0 Å². The molecule has 6 nitrogen and oxygen atoms in total. The van der Waals surface area contributed by atoms with Crippen LogP contribution in [0.3, 0.4) is 0 Å². The predicted molar refractivity (Wildman–Crippen MR) is 118 cm³/mol. The normalized spacial score (nSPS) is 12.3. The molecule has 2 aromatic carbocycles. The molecule has 0 aliphatic rings. The second kappa shape index (κ2) is 9.64. The summed E-state index contributed by atoms with van der Waals surface area (Å²) in [4.78, 5) is 16.6. The summed E-state index contributed by atoms with van der Waals surface area (Å²) in [6.45, 7) is 1.52. The van der Waals surface area contributed by atoms with Crippen LogP contribution >= 0.6 is 23.2 Å². The molecule has 1 N–H and O–H groups in total. The number of amides is 1. The number of hydrogen-bond acceptors (Lipinski definition) is 4. The van der Waals surface area contributed by atoms with Gasteiger partial charge in [0.25, 0.3) is 10.0 Å². The van der Waals surface area contributed by atoms with Crippen LogP contribution in [-0.2, 0) is 21.4 Å². The maximum absolute atomic E-state index is 14.7. The topological polar surface area (TPSA) is 79.4 Å². The molecule has 0 radical (unpaired) electrons. The number of sulfonamides is 1. The number of pyridine rings is 1. The number of hydrogen-bond donors (Lipinski definition) is 1. The second-order valence-electron chi connectivity index (χ2n) is 6.60. The van der Waals surface area contributed by atoms with Gasteiger partial charge in [0.2, 0.25) is 5.91 Å². The Bertz CT molecular complexity index is 1180. The SMILES string of the molecule is C[C@H](C(=O)NCc1ccncc1)N(c1cc(Cl)ccc1F)S(=O)(=O)c1ccc(Cl)cc1. The Labute approximate surface area is 189 Å². The van der Waals surface area contributed by atoms with Gasteiger partial charge < -0.3 is 5.32 Å². The molecule has 1 atom stereocenters. The number of aromatic nitrogens is 1. The second-order valence-corrected chi connectivity index (χ2v) is 9.29. The largest absolute Gasteiger partial charge is 0.350 e. The van der Waals surface area contributed by atoms with Gasteiger partial charge in [-0.3, -0.25) is 14.1 Å². The van der Waals surface area contributed by atoms with E-state index in [-0.39, 0.29) is 22.2 Å². The van der Waals surface area contributed by atoms with E-state index in [1.54, 1.807) is 24.5 Å². The maximum atomic E-state index is 14.7. The van der Waals surface area contributed by atoms with Crippen molar-refractivity contribution in [3.63, 3.8) is 0 Å².